The Morgan fingerprint density at radius 3 is 2.42 bits per heavy atom. The van der Waals surface area contributed by atoms with Crippen molar-refractivity contribution in [3.8, 4) is 16.5 Å². The first kappa shape index (κ1) is 27.3. The van der Waals surface area contributed by atoms with Gasteiger partial charge in [-0.2, -0.15) is 4.80 Å². The predicted octanol–water partition coefficient (Wildman–Crippen LogP) is 4.75. The SMILES string of the molecule is COc1ccc(CN(C(=O)Cn2nnc(-c3cccs3)n2)[C@H](C(=O)NC(C)(C)C)c2ccc(Cl)cc2)cc1. The van der Waals surface area contributed by atoms with Gasteiger partial charge >= 0.3 is 0 Å². The molecule has 2 heterocycles. The number of nitrogens with zero attached hydrogens (tertiary/aromatic N) is 5. The van der Waals surface area contributed by atoms with Crippen LogP contribution in [-0.4, -0.2) is 49.6 Å². The number of aromatic nitrogens is 4. The van der Waals surface area contributed by atoms with Gasteiger partial charge < -0.3 is 15.0 Å². The second kappa shape index (κ2) is 11.7. The van der Waals surface area contributed by atoms with E-state index in [1.807, 2.05) is 62.5 Å². The summed E-state index contributed by atoms with van der Waals surface area (Å²) < 4.78 is 5.27. The monoisotopic (exact) mass is 552 g/mol. The van der Waals surface area contributed by atoms with E-state index < -0.39 is 11.6 Å². The van der Waals surface area contributed by atoms with Crippen LogP contribution in [-0.2, 0) is 22.7 Å². The summed E-state index contributed by atoms with van der Waals surface area (Å²) >= 11 is 7.62. The molecule has 0 aliphatic heterocycles. The minimum atomic E-state index is -0.929. The van der Waals surface area contributed by atoms with E-state index in [1.54, 1.807) is 31.4 Å². The third-order valence-corrected chi connectivity index (χ3v) is 6.67. The normalized spacial score (nSPS) is 12.1. The van der Waals surface area contributed by atoms with Crippen LogP contribution in [0.5, 0.6) is 5.75 Å². The molecule has 0 bridgehead atoms. The van der Waals surface area contributed by atoms with Crippen LogP contribution in [0.2, 0.25) is 5.02 Å². The number of hydrogen-bond donors (Lipinski definition) is 1. The average Bonchev–Trinajstić information content (AvgIpc) is 3.56. The van der Waals surface area contributed by atoms with E-state index >= 15 is 0 Å². The van der Waals surface area contributed by atoms with Crippen molar-refractivity contribution < 1.29 is 14.3 Å². The van der Waals surface area contributed by atoms with Gasteiger partial charge in [0.05, 0.1) is 12.0 Å². The lowest BCUT2D eigenvalue weighted by Crippen LogP contribution is -2.49. The standard InChI is InChI=1S/C27H29ClN6O3S/c1-27(2,3)29-26(36)24(19-9-11-20(28)12-10-19)33(16-18-7-13-21(37-4)14-8-18)23(35)17-34-31-25(30-32-34)22-6-5-15-38-22/h5-15,24H,16-17H2,1-4H3,(H,29,36)/t24-/m0/s1. The molecule has 0 fully saturated rings. The number of hydrogen-bond acceptors (Lipinski definition) is 7. The molecule has 0 aliphatic carbocycles. The van der Waals surface area contributed by atoms with E-state index in [1.165, 1.54) is 21.0 Å². The fourth-order valence-electron chi connectivity index (χ4n) is 3.83. The average molecular weight is 553 g/mol. The van der Waals surface area contributed by atoms with Crippen molar-refractivity contribution in [2.45, 2.75) is 45.4 Å². The van der Waals surface area contributed by atoms with Gasteiger partial charge in [0.1, 0.15) is 18.3 Å². The van der Waals surface area contributed by atoms with E-state index in [2.05, 4.69) is 20.7 Å². The topological polar surface area (TPSA) is 102 Å². The lowest BCUT2D eigenvalue weighted by atomic mass is 10.0. The van der Waals surface area contributed by atoms with Gasteiger partial charge in [-0.15, -0.1) is 21.5 Å². The van der Waals surface area contributed by atoms with Crippen LogP contribution in [0.3, 0.4) is 0 Å². The second-order valence-electron chi connectivity index (χ2n) is 9.68. The Morgan fingerprint density at radius 1 is 1.11 bits per heavy atom. The van der Waals surface area contributed by atoms with Crippen molar-refractivity contribution in [2.75, 3.05) is 7.11 Å². The molecule has 1 N–H and O–H groups in total. The van der Waals surface area contributed by atoms with Gasteiger partial charge in [-0.25, -0.2) is 0 Å². The van der Waals surface area contributed by atoms with Crippen molar-refractivity contribution in [1.29, 1.82) is 0 Å². The highest BCUT2D eigenvalue weighted by molar-refractivity contribution is 7.13. The van der Waals surface area contributed by atoms with Crippen LogP contribution in [0.15, 0.2) is 66.0 Å². The number of thiophene rings is 1. The molecule has 2 aromatic carbocycles. The summed E-state index contributed by atoms with van der Waals surface area (Å²) in [5.41, 5.74) is 0.941. The molecule has 4 aromatic rings. The molecule has 198 valence electrons. The van der Waals surface area contributed by atoms with Gasteiger partial charge in [0, 0.05) is 17.1 Å². The number of nitrogens with one attached hydrogen (secondary N) is 1. The number of tetrazole rings is 1. The van der Waals surface area contributed by atoms with E-state index in [0.29, 0.717) is 22.2 Å². The minimum Gasteiger partial charge on any atom is -0.497 e. The van der Waals surface area contributed by atoms with Gasteiger partial charge in [0.2, 0.25) is 17.6 Å². The van der Waals surface area contributed by atoms with Crippen molar-refractivity contribution in [1.82, 2.24) is 30.4 Å². The Kier molecular flexibility index (Phi) is 8.43. The highest BCUT2D eigenvalue weighted by Crippen LogP contribution is 2.27. The number of halogens is 1. The van der Waals surface area contributed by atoms with Gasteiger partial charge in [-0.3, -0.25) is 9.59 Å². The molecular formula is C27H29ClN6O3S. The zero-order chi connectivity index (χ0) is 27.3. The molecule has 4 rings (SSSR count). The third kappa shape index (κ3) is 6.96. The van der Waals surface area contributed by atoms with Gasteiger partial charge in [-0.1, -0.05) is 41.9 Å². The second-order valence-corrected chi connectivity index (χ2v) is 11.1. The molecule has 0 aliphatic rings. The maximum absolute atomic E-state index is 13.9. The van der Waals surface area contributed by atoms with Crippen LogP contribution in [0.25, 0.3) is 10.7 Å². The molecular weight excluding hydrogens is 524 g/mol. The van der Waals surface area contributed by atoms with Crippen LogP contribution in [0.4, 0.5) is 0 Å². The zero-order valence-electron chi connectivity index (χ0n) is 21.6. The first-order valence-electron chi connectivity index (χ1n) is 11.9. The molecule has 9 nitrogen and oxygen atoms in total. The largest absolute Gasteiger partial charge is 0.497 e. The van der Waals surface area contributed by atoms with Crippen molar-refractivity contribution in [3.63, 3.8) is 0 Å². The van der Waals surface area contributed by atoms with Crippen molar-refractivity contribution >= 4 is 34.8 Å². The summed E-state index contributed by atoms with van der Waals surface area (Å²) in [4.78, 5) is 31.2. The Hall–Kier alpha value is -3.76. The summed E-state index contributed by atoms with van der Waals surface area (Å²) in [6.07, 6.45) is 0. The highest BCUT2D eigenvalue weighted by Gasteiger charge is 2.34. The first-order chi connectivity index (χ1) is 18.1. The van der Waals surface area contributed by atoms with Crippen molar-refractivity contribution in [2.24, 2.45) is 0 Å². The number of benzene rings is 2. The minimum absolute atomic E-state index is 0.167. The molecule has 2 aromatic heterocycles. The number of ether oxygens (including phenoxy) is 1. The quantitative estimate of drug-likeness (QED) is 0.321. The van der Waals surface area contributed by atoms with E-state index in [4.69, 9.17) is 16.3 Å². The van der Waals surface area contributed by atoms with Crippen LogP contribution in [0, 0.1) is 0 Å². The molecule has 0 saturated heterocycles. The Bertz CT molecular complexity index is 1370. The molecule has 0 unspecified atom stereocenters. The Morgan fingerprint density at radius 2 is 1.82 bits per heavy atom. The lowest BCUT2D eigenvalue weighted by molar-refractivity contribution is -0.143. The fraction of sp³-hybridized carbons (Fsp3) is 0.296. The molecule has 1 atom stereocenters. The number of rotatable bonds is 9. The molecule has 0 spiro atoms. The van der Waals surface area contributed by atoms with Gasteiger partial charge in [0.15, 0.2) is 0 Å². The van der Waals surface area contributed by atoms with Crippen molar-refractivity contribution in [3.05, 3.63) is 82.2 Å². The number of amides is 2. The fourth-order valence-corrected chi connectivity index (χ4v) is 4.61. The number of methoxy groups -OCH3 is 1. The zero-order valence-corrected chi connectivity index (χ0v) is 23.2. The van der Waals surface area contributed by atoms with Gasteiger partial charge in [-0.05, 0) is 72.8 Å². The molecule has 0 saturated carbocycles. The summed E-state index contributed by atoms with van der Waals surface area (Å²) in [6.45, 7) is 5.66. The maximum Gasteiger partial charge on any atom is 0.247 e. The highest BCUT2D eigenvalue weighted by atomic mass is 35.5. The lowest BCUT2D eigenvalue weighted by Gasteiger charge is -2.33. The Labute approximate surface area is 230 Å². The molecule has 11 heteroatoms. The summed E-state index contributed by atoms with van der Waals surface area (Å²) in [5, 5.41) is 18.0. The molecule has 2 amide bonds. The number of carbonyl (C=O) groups is 2. The maximum atomic E-state index is 13.9. The summed E-state index contributed by atoms with van der Waals surface area (Å²) in [6, 6.07) is 17.1. The molecule has 38 heavy (non-hydrogen) atoms. The first-order valence-corrected chi connectivity index (χ1v) is 13.2. The predicted molar refractivity (Wildman–Crippen MR) is 147 cm³/mol. The van der Waals surface area contributed by atoms with Crippen LogP contribution < -0.4 is 10.1 Å². The smallest absolute Gasteiger partial charge is 0.247 e. The van der Waals surface area contributed by atoms with Crippen LogP contribution >= 0.6 is 22.9 Å². The third-order valence-electron chi connectivity index (χ3n) is 5.55. The van der Waals surface area contributed by atoms with E-state index in [-0.39, 0.29) is 24.9 Å². The summed E-state index contributed by atoms with van der Waals surface area (Å²) in [7, 11) is 1.59. The summed E-state index contributed by atoms with van der Waals surface area (Å²) in [5.74, 6) is 0.473. The Balaban J connectivity index is 1.70. The van der Waals surface area contributed by atoms with Gasteiger partial charge in [0.25, 0.3) is 0 Å². The number of carbonyl (C=O) groups excluding carboxylic acids is 2. The van der Waals surface area contributed by atoms with E-state index in [0.717, 1.165) is 10.4 Å². The molecule has 0 radical (unpaired) electrons. The van der Waals surface area contributed by atoms with Crippen LogP contribution in [0.1, 0.15) is 37.9 Å². The van der Waals surface area contributed by atoms with E-state index in [9.17, 15) is 9.59 Å².